The predicted octanol–water partition coefficient (Wildman–Crippen LogP) is 4.56. The maximum absolute atomic E-state index is 12.1. The minimum atomic E-state index is 0.0735. The average Bonchev–Trinajstić information content (AvgIpc) is 2.85. The van der Waals surface area contributed by atoms with Crippen LogP contribution in [0.1, 0.15) is 59.3 Å². The van der Waals surface area contributed by atoms with Crippen molar-refractivity contribution in [1.29, 1.82) is 0 Å². The Hall–Kier alpha value is -1.44. The summed E-state index contributed by atoms with van der Waals surface area (Å²) in [5, 5.41) is 0. The molecule has 4 aliphatic rings. The van der Waals surface area contributed by atoms with Gasteiger partial charge in [-0.2, -0.15) is 0 Å². The number of carbonyl (C=O) groups excluding carboxylic acids is 2. The number of fused-ring (bicyclic) bond motifs is 4. The lowest BCUT2D eigenvalue weighted by Crippen LogP contribution is -2.41. The number of allylic oxidation sites excluding steroid dienone is 6. The molecule has 4 atom stereocenters. The standard InChI is InChI=1S/C21H26O2/c1-13(22)17-6-7-18-16-5-4-14-12-15(23)8-10-20(14,2)19(16)9-11-21(17,18)3/h4-5,12,17,19H,6-11H2,1-3H3/t17-,19?,20-,21-/m1/s1. The van der Waals surface area contributed by atoms with E-state index in [-0.39, 0.29) is 22.5 Å². The quantitative estimate of drug-likeness (QED) is 0.711. The van der Waals surface area contributed by atoms with Gasteiger partial charge in [-0.3, -0.25) is 9.59 Å². The first-order valence-corrected chi connectivity index (χ1v) is 9.03. The smallest absolute Gasteiger partial charge is 0.156 e. The first-order chi connectivity index (χ1) is 10.9. The Kier molecular flexibility index (Phi) is 3.14. The lowest BCUT2D eigenvalue weighted by atomic mass is 9.53. The van der Waals surface area contributed by atoms with E-state index < -0.39 is 0 Å². The van der Waals surface area contributed by atoms with Crippen LogP contribution in [0.3, 0.4) is 0 Å². The van der Waals surface area contributed by atoms with Crippen molar-refractivity contribution in [3.05, 3.63) is 34.9 Å². The molecule has 0 radical (unpaired) electrons. The van der Waals surface area contributed by atoms with E-state index in [1.807, 2.05) is 6.08 Å². The van der Waals surface area contributed by atoms with Gasteiger partial charge < -0.3 is 0 Å². The maximum atomic E-state index is 12.1. The molecule has 1 saturated carbocycles. The summed E-state index contributed by atoms with van der Waals surface area (Å²) in [6.45, 7) is 6.43. The van der Waals surface area contributed by atoms with E-state index in [2.05, 4.69) is 26.0 Å². The second-order valence-corrected chi connectivity index (χ2v) is 8.46. The first-order valence-electron chi connectivity index (χ1n) is 9.03. The highest BCUT2D eigenvalue weighted by atomic mass is 16.1. The van der Waals surface area contributed by atoms with E-state index in [1.54, 1.807) is 12.5 Å². The Morgan fingerprint density at radius 1 is 1.09 bits per heavy atom. The van der Waals surface area contributed by atoms with Gasteiger partial charge in [-0.1, -0.05) is 31.6 Å². The van der Waals surface area contributed by atoms with Crippen molar-refractivity contribution in [2.45, 2.75) is 59.3 Å². The molecule has 2 heteroatoms. The Morgan fingerprint density at radius 2 is 1.87 bits per heavy atom. The normalized spacial score (nSPS) is 42.0. The lowest BCUT2D eigenvalue weighted by molar-refractivity contribution is -0.123. The lowest BCUT2D eigenvalue weighted by Gasteiger charge is -2.50. The second-order valence-electron chi connectivity index (χ2n) is 8.46. The SMILES string of the molecule is CC(=O)[C@H]1CCC2=C3C=CC4=CC(=O)CC[C@@]4(C)C3CC[C@@]21C. The third-order valence-electron chi connectivity index (χ3n) is 7.39. The third-order valence-corrected chi connectivity index (χ3v) is 7.39. The van der Waals surface area contributed by atoms with Crippen molar-refractivity contribution in [1.82, 2.24) is 0 Å². The van der Waals surface area contributed by atoms with Crippen LogP contribution in [-0.2, 0) is 9.59 Å². The summed E-state index contributed by atoms with van der Waals surface area (Å²) < 4.78 is 0. The number of ketones is 2. The molecule has 1 unspecified atom stereocenters. The molecule has 0 amide bonds. The molecule has 4 rings (SSSR count). The molecule has 0 bridgehead atoms. The summed E-state index contributed by atoms with van der Waals surface area (Å²) in [6.07, 6.45) is 12.3. The van der Waals surface area contributed by atoms with E-state index >= 15 is 0 Å². The largest absolute Gasteiger partial charge is 0.300 e. The summed E-state index contributed by atoms with van der Waals surface area (Å²) >= 11 is 0. The van der Waals surface area contributed by atoms with Crippen LogP contribution >= 0.6 is 0 Å². The molecule has 0 aromatic heterocycles. The summed E-state index contributed by atoms with van der Waals surface area (Å²) in [5.41, 5.74) is 4.46. The molecular formula is C21H26O2. The molecule has 0 aromatic carbocycles. The molecular weight excluding hydrogens is 284 g/mol. The summed E-state index contributed by atoms with van der Waals surface area (Å²) in [4.78, 5) is 23.9. The van der Waals surface area contributed by atoms with Crippen molar-refractivity contribution in [3.8, 4) is 0 Å². The number of hydrogen-bond acceptors (Lipinski definition) is 2. The van der Waals surface area contributed by atoms with Gasteiger partial charge in [0.1, 0.15) is 5.78 Å². The third kappa shape index (κ3) is 1.93. The Balaban J connectivity index is 1.84. The van der Waals surface area contributed by atoms with E-state index in [4.69, 9.17) is 0 Å². The average molecular weight is 310 g/mol. The van der Waals surface area contributed by atoms with Crippen LogP contribution < -0.4 is 0 Å². The van der Waals surface area contributed by atoms with Crippen molar-refractivity contribution in [3.63, 3.8) is 0 Å². The monoisotopic (exact) mass is 310 g/mol. The van der Waals surface area contributed by atoms with Crippen molar-refractivity contribution in [2.75, 3.05) is 0 Å². The summed E-state index contributed by atoms with van der Waals surface area (Å²) in [6, 6.07) is 0. The molecule has 2 nitrogen and oxygen atoms in total. The molecule has 0 saturated heterocycles. The fourth-order valence-corrected chi connectivity index (χ4v) is 5.97. The number of carbonyl (C=O) groups is 2. The highest BCUT2D eigenvalue weighted by Gasteiger charge is 2.53. The highest BCUT2D eigenvalue weighted by molar-refractivity contribution is 5.92. The fourth-order valence-electron chi connectivity index (χ4n) is 5.97. The van der Waals surface area contributed by atoms with Crippen LogP contribution in [-0.4, -0.2) is 11.6 Å². The van der Waals surface area contributed by atoms with Crippen LogP contribution in [0.4, 0.5) is 0 Å². The van der Waals surface area contributed by atoms with Gasteiger partial charge in [0.05, 0.1) is 0 Å². The molecule has 4 aliphatic carbocycles. The van der Waals surface area contributed by atoms with Crippen molar-refractivity contribution in [2.24, 2.45) is 22.7 Å². The summed E-state index contributed by atoms with van der Waals surface area (Å²) in [5.74, 6) is 1.37. The van der Waals surface area contributed by atoms with Gasteiger partial charge in [-0.05, 0) is 73.0 Å². The van der Waals surface area contributed by atoms with Gasteiger partial charge >= 0.3 is 0 Å². The Bertz CT molecular complexity index is 693. The molecule has 0 N–H and O–H groups in total. The molecule has 1 fully saturated rings. The van der Waals surface area contributed by atoms with Crippen molar-refractivity contribution < 1.29 is 9.59 Å². The summed E-state index contributed by atoms with van der Waals surface area (Å²) in [7, 11) is 0. The van der Waals surface area contributed by atoms with Gasteiger partial charge in [0, 0.05) is 12.3 Å². The van der Waals surface area contributed by atoms with E-state index in [9.17, 15) is 9.59 Å². The molecule has 0 heterocycles. The minimum absolute atomic E-state index is 0.0735. The fraction of sp³-hybridized carbons (Fsp3) is 0.619. The molecule has 0 aromatic rings. The van der Waals surface area contributed by atoms with E-state index in [0.29, 0.717) is 18.1 Å². The zero-order valence-electron chi connectivity index (χ0n) is 14.4. The second kappa shape index (κ2) is 4.78. The molecule has 122 valence electrons. The van der Waals surface area contributed by atoms with Crippen molar-refractivity contribution >= 4 is 11.6 Å². The molecule has 0 aliphatic heterocycles. The van der Waals surface area contributed by atoms with Crippen LogP contribution in [0.15, 0.2) is 34.9 Å². The highest BCUT2D eigenvalue weighted by Crippen LogP contribution is 2.62. The minimum Gasteiger partial charge on any atom is -0.300 e. The zero-order chi connectivity index (χ0) is 16.4. The maximum Gasteiger partial charge on any atom is 0.156 e. The molecule has 23 heavy (non-hydrogen) atoms. The van der Waals surface area contributed by atoms with Crippen LogP contribution in [0.25, 0.3) is 0 Å². The van der Waals surface area contributed by atoms with Gasteiger partial charge in [0.2, 0.25) is 0 Å². The predicted molar refractivity (Wildman–Crippen MR) is 90.8 cm³/mol. The van der Waals surface area contributed by atoms with Crippen LogP contribution in [0.5, 0.6) is 0 Å². The molecule has 0 spiro atoms. The van der Waals surface area contributed by atoms with Crippen LogP contribution in [0, 0.1) is 22.7 Å². The van der Waals surface area contributed by atoms with Crippen LogP contribution in [0.2, 0.25) is 0 Å². The Labute approximate surface area is 138 Å². The number of rotatable bonds is 1. The number of Topliss-reactive ketones (excluding diaryl/α,β-unsaturated/α-hetero) is 1. The van der Waals surface area contributed by atoms with Gasteiger partial charge in [-0.25, -0.2) is 0 Å². The van der Waals surface area contributed by atoms with E-state index in [0.717, 1.165) is 32.1 Å². The van der Waals surface area contributed by atoms with E-state index in [1.165, 1.54) is 11.1 Å². The number of hydrogen-bond donors (Lipinski definition) is 0. The Morgan fingerprint density at radius 3 is 2.61 bits per heavy atom. The van der Waals surface area contributed by atoms with Gasteiger partial charge in [-0.15, -0.1) is 0 Å². The zero-order valence-corrected chi connectivity index (χ0v) is 14.4. The topological polar surface area (TPSA) is 34.1 Å². The van der Waals surface area contributed by atoms with Gasteiger partial charge in [0.25, 0.3) is 0 Å². The van der Waals surface area contributed by atoms with Gasteiger partial charge in [0.15, 0.2) is 5.78 Å². The first kappa shape index (κ1) is 15.1.